The number of hydrogen-bond acceptors (Lipinski definition) is 6. The third kappa shape index (κ3) is 6.21. The van der Waals surface area contributed by atoms with E-state index in [0.717, 1.165) is 87.4 Å². The Morgan fingerprint density at radius 1 is 1.14 bits per heavy atom. The topological polar surface area (TPSA) is 79.2 Å². The van der Waals surface area contributed by atoms with Gasteiger partial charge in [-0.05, 0) is 62.4 Å². The predicted molar refractivity (Wildman–Crippen MR) is 149 cm³/mol. The van der Waals surface area contributed by atoms with Gasteiger partial charge in [-0.25, -0.2) is 15.0 Å². The quantitative estimate of drug-likeness (QED) is 0.374. The summed E-state index contributed by atoms with van der Waals surface area (Å²) in [5.74, 6) is 1.65. The van der Waals surface area contributed by atoms with Crippen LogP contribution < -0.4 is 10.2 Å². The Morgan fingerprint density at radius 2 is 1.95 bits per heavy atom. The normalized spacial score (nSPS) is 18.2. The molecule has 8 nitrogen and oxygen atoms in total. The van der Waals surface area contributed by atoms with Crippen molar-refractivity contribution in [3.8, 4) is 0 Å². The molecule has 1 saturated heterocycles. The Labute approximate surface area is 227 Å². The first-order valence-electron chi connectivity index (χ1n) is 13.4. The number of amides is 1. The van der Waals surface area contributed by atoms with Crippen molar-refractivity contribution in [3.63, 3.8) is 0 Å². The van der Waals surface area contributed by atoms with E-state index in [9.17, 15) is 4.79 Å². The fraction of sp³-hybridized carbons (Fsp3) is 0.500. The highest BCUT2D eigenvalue weighted by atomic mass is 79.9. The summed E-state index contributed by atoms with van der Waals surface area (Å²) in [6, 6.07) is 8.22. The van der Waals surface area contributed by atoms with E-state index >= 15 is 0 Å². The van der Waals surface area contributed by atoms with Crippen molar-refractivity contribution < 1.29 is 4.79 Å². The van der Waals surface area contributed by atoms with Gasteiger partial charge in [0.1, 0.15) is 12.1 Å². The molecule has 1 aromatic carbocycles. The van der Waals surface area contributed by atoms with Gasteiger partial charge in [0.05, 0.1) is 12.2 Å². The molecule has 0 unspecified atom stereocenters. The van der Waals surface area contributed by atoms with E-state index in [4.69, 9.17) is 0 Å². The minimum Gasteiger partial charge on any atom is -0.353 e. The number of piperazine rings is 1. The van der Waals surface area contributed by atoms with Gasteiger partial charge in [-0.1, -0.05) is 35.0 Å². The molecule has 0 spiro atoms. The fourth-order valence-corrected chi connectivity index (χ4v) is 5.80. The lowest BCUT2D eigenvalue weighted by Gasteiger charge is -2.38. The summed E-state index contributed by atoms with van der Waals surface area (Å²) in [7, 11) is 0. The third-order valence-electron chi connectivity index (χ3n) is 7.65. The fourth-order valence-electron chi connectivity index (χ4n) is 5.54. The molecule has 9 heteroatoms. The lowest BCUT2D eigenvalue weighted by Crippen LogP contribution is -2.50. The smallest absolute Gasteiger partial charge is 0.230 e. The van der Waals surface area contributed by atoms with Gasteiger partial charge >= 0.3 is 0 Å². The molecule has 3 heterocycles. The summed E-state index contributed by atoms with van der Waals surface area (Å²) >= 11 is 3.53. The number of carbonyl (C=O) groups is 1. The zero-order valence-electron chi connectivity index (χ0n) is 21.5. The molecular weight excluding hydrogens is 530 g/mol. The van der Waals surface area contributed by atoms with Gasteiger partial charge in [-0.15, -0.1) is 0 Å². The highest BCUT2D eigenvalue weighted by Crippen LogP contribution is 2.37. The second-order valence-electron chi connectivity index (χ2n) is 10.1. The molecule has 2 aliphatic rings. The van der Waals surface area contributed by atoms with Gasteiger partial charge in [0, 0.05) is 60.8 Å². The van der Waals surface area contributed by atoms with Crippen LogP contribution in [-0.4, -0.2) is 69.6 Å². The molecule has 1 amide bonds. The summed E-state index contributed by atoms with van der Waals surface area (Å²) < 4.78 is 3.12. The molecule has 2 aromatic heterocycles. The molecule has 37 heavy (non-hydrogen) atoms. The predicted octanol–water partition coefficient (Wildman–Crippen LogP) is 3.99. The molecule has 0 radical (unpaired) electrons. The summed E-state index contributed by atoms with van der Waals surface area (Å²) in [5.41, 5.74) is 3.59. The van der Waals surface area contributed by atoms with Crippen LogP contribution in [0.15, 0.2) is 53.8 Å². The molecule has 196 valence electrons. The lowest BCUT2D eigenvalue weighted by atomic mass is 9.93. The van der Waals surface area contributed by atoms with Crippen molar-refractivity contribution in [2.24, 2.45) is 0 Å². The summed E-state index contributed by atoms with van der Waals surface area (Å²) in [4.78, 5) is 31.4. The first-order chi connectivity index (χ1) is 18.1. The van der Waals surface area contributed by atoms with Gasteiger partial charge in [0.15, 0.2) is 0 Å². The average Bonchev–Trinajstić information content (AvgIpc) is 3.59. The van der Waals surface area contributed by atoms with E-state index in [1.807, 2.05) is 35.8 Å². The van der Waals surface area contributed by atoms with Crippen molar-refractivity contribution in [1.29, 1.82) is 0 Å². The Hall–Kier alpha value is -2.78. The van der Waals surface area contributed by atoms with Gasteiger partial charge in [0.25, 0.3) is 0 Å². The van der Waals surface area contributed by atoms with Crippen LogP contribution in [0, 0.1) is 0 Å². The van der Waals surface area contributed by atoms with Crippen molar-refractivity contribution in [3.05, 3.63) is 70.6 Å². The van der Waals surface area contributed by atoms with Crippen LogP contribution in [0.25, 0.3) is 0 Å². The van der Waals surface area contributed by atoms with Crippen molar-refractivity contribution in [1.82, 2.24) is 29.7 Å². The molecule has 3 aromatic rings. The second-order valence-corrected chi connectivity index (χ2v) is 11.0. The number of anilines is 1. The number of nitrogens with one attached hydrogen (secondary N) is 1. The van der Waals surface area contributed by atoms with Crippen LogP contribution in [-0.2, 0) is 17.8 Å². The zero-order chi connectivity index (χ0) is 25.6. The largest absolute Gasteiger partial charge is 0.353 e. The van der Waals surface area contributed by atoms with Crippen LogP contribution in [0.2, 0.25) is 0 Å². The number of rotatable bonds is 10. The van der Waals surface area contributed by atoms with Crippen LogP contribution in [0.1, 0.15) is 54.8 Å². The highest BCUT2D eigenvalue weighted by molar-refractivity contribution is 9.10. The molecule has 5 rings (SSSR count). The highest BCUT2D eigenvalue weighted by Gasteiger charge is 2.31. The molecular formula is C28H36BrN7O. The van der Waals surface area contributed by atoms with E-state index in [1.54, 1.807) is 6.33 Å². The third-order valence-corrected chi connectivity index (χ3v) is 8.18. The molecule has 1 fully saturated rings. The summed E-state index contributed by atoms with van der Waals surface area (Å²) in [5, 5.41) is 3.54. The van der Waals surface area contributed by atoms with Crippen molar-refractivity contribution in [2.75, 3.05) is 44.2 Å². The number of carbonyl (C=O) groups excluding carboxylic acids is 1. The van der Waals surface area contributed by atoms with Gasteiger partial charge in [-0.2, -0.15) is 0 Å². The van der Waals surface area contributed by atoms with E-state index in [0.29, 0.717) is 5.92 Å². The number of fused-ring (bicyclic) bond motifs is 1. The van der Waals surface area contributed by atoms with E-state index in [1.165, 1.54) is 11.3 Å². The maximum absolute atomic E-state index is 13.8. The zero-order valence-corrected chi connectivity index (χ0v) is 23.1. The van der Waals surface area contributed by atoms with Crippen LogP contribution in [0.5, 0.6) is 0 Å². The molecule has 1 aliphatic heterocycles. The number of hydrogen-bond donors (Lipinski definition) is 1. The van der Waals surface area contributed by atoms with Gasteiger partial charge in [0.2, 0.25) is 5.91 Å². The second kappa shape index (κ2) is 12.2. The minimum atomic E-state index is -0.149. The average molecular weight is 567 g/mol. The molecule has 1 N–H and O–H groups in total. The van der Waals surface area contributed by atoms with E-state index < -0.39 is 0 Å². The Bertz CT molecular complexity index is 1160. The molecule has 0 saturated carbocycles. The SMILES string of the molecule is C[C@@H]1CCc2ncnc(N3CCN(C(=O)[C@H](CCNCCCn4ccnc4)c4ccc(Br)cc4)CC3)c21. The standard InChI is InChI=1S/C28H36BrN7O/c1-21-3-8-25-26(21)27(33-19-32-25)35-15-17-36(18-16-35)28(37)24(22-4-6-23(29)7-5-22)9-11-30-10-2-13-34-14-12-31-20-34/h4-7,12,14,19-21,24,30H,2-3,8-11,13,15-18H2,1H3/t21-,24-/m1/s1. The summed E-state index contributed by atoms with van der Waals surface area (Å²) in [6.45, 7) is 7.99. The number of benzene rings is 1. The Morgan fingerprint density at radius 3 is 2.70 bits per heavy atom. The molecule has 0 bridgehead atoms. The molecule has 1 aliphatic carbocycles. The first-order valence-corrected chi connectivity index (χ1v) is 14.2. The Kier molecular flexibility index (Phi) is 8.51. The van der Waals surface area contributed by atoms with Crippen molar-refractivity contribution >= 4 is 27.7 Å². The number of imidazole rings is 1. The number of nitrogens with zero attached hydrogens (tertiary/aromatic N) is 6. The van der Waals surface area contributed by atoms with Gasteiger partial charge < -0.3 is 19.7 Å². The maximum atomic E-state index is 13.8. The van der Waals surface area contributed by atoms with Crippen molar-refractivity contribution in [2.45, 2.75) is 51.0 Å². The van der Waals surface area contributed by atoms with E-state index in [-0.39, 0.29) is 11.8 Å². The first kappa shape index (κ1) is 25.9. The number of aromatic nitrogens is 4. The van der Waals surface area contributed by atoms with Crippen LogP contribution in [0.3, 0.4) is 0 Å². The van der Waals surface area contributed by atoms with E-state index in [2.05, 4.69) is 64.7 Å². The van der Waals surface area contributed by atoms with Crippen LogP contribution >= 0.6 is 15.9 Å². The lowest BCUT2D eigenvalue weighted by molar-refractivity contribution is -0.133. The number of aryl methyl sites for hydroxylation is 2. The molecule has 2 atom stereocenters. The minimum absolute atomic E-state index is 0.149. The number of halogens is 1. The Balaban J connectivity index is 1.18. The van der Waals surface area contributed by atoms with Gasteiger partial charge in [-0.3, -0.25) is 4.79 Å². The maximum Gasteiger partial charge on any atom is 0.230 e. The summed E-state index contributed by atoms with van der Waals surface area (Å²) in [6.07, 6.45) is 11.3. The monoisotopic (exact) mass is 565 g/mol. The van der Waals surface area contributed by atoms with Crippen LogP contribution in [0.4, 0.5) is 5.82 Å².